The van der Waals surface area contributed by atoms with E-state index in [9.17, 15) is 4.79 Å². The van der Waals surface area contributed by atoms with E-state index < -0.39 is 0 Å². The van der Waals surface area contributed by atoms with Crippen molar-refractivity contribution >= 4 is 28.4 Å². The number of aryl methyl sites for hydroxylation is 2. The van der Waals surface area contributed by atoms with Crippen molar-refractivity contribution < 1.29 is 9.53 Å². The van der Waals surface area contributed by atoms with Gasteiger partial charge in [-0.25, -0.2) is 15.0 Å². The summed E-state index contributed by atoms with van der Waals surface area (Å²) in [5, 5.41) is 0.794. The number of rotatable bonds is 5. The summed E-state index contributed by atoms with van der Waals surface area (Å²) in [6.07, 6.45) is 3.62. The third-order valence-corrected chi connectivity index (χ3v) is 6.91. The molecule has 4 heterocycles. The van der Waals surface area contributed by atoms with Gasteiger partial charge in [-0.3, -0.25) is 4.79 Å². The van der Waals surface area contributed by atoms with Gasteiger partial charge >= 0.3 is 0 Å². The Morgan fingerprint density at radius 1 is 1.08 bits per heavy atom. The molecule has 2 N–H and O–H groups in total. The van der Waals surface area contributed by atoms with Crippen LogP contribution in [0.5, 0.6) is 11.6 Å². The Morgan fingerprint density at radius 3 is 2.63 bits per heavy atom. The Bertz CT molecular complexity index is 1720. The molecule has 1 aliphatic heterocycles. The third-order valence-electron chi connectivity index (χ3n) is 6.91. The predicted molar refractivity (Wildman–Crippen MR) is 149 cm³/mol. The van der Waals surface area contributed by atoms with Crippen LogP contribution in [0.1, 0.15) is 11.3 Å². The summed E-state index contributed by atoms with van der Waals surface area (Å²) in [7, 11) is 1.98. The van der Waals surface area contributed by atoms with Gasteiger partial charge in [0.1, 0.15) is 23.5 Å². The molecule has 1 aliphatic rings. The molecule has 0 unspecified atom stereocenters. The SMILES string of the molecule is C=CC(=O)N1CCc2cc(-c3c(-c4ccc(Oc5cccc(C)n5)cc4)c4c(N)ncnc4n3C)ccc21. The number of amides is 1. The van der Waals surface area contributed by atoms with Gasteiger partial charge in [-0.1, -0.05) is 30.8 Å². The fourth-order valence-corrected chi connectivity index (χ4v) is 5.17. The largest absolute Gasteiger partial charge is 0.439 e. The summed E-state index contributed by atoms with van der Waals surface area (Å²) >= 11 is 0. The third kappa shape index (κ3) is 3.87. The van der Waals surface area contributed by atoms with Gasteiger partial charge in [0.25, 0.3) is 0 Å². The number of hydrogen-bond donors (Lipinski definition) is 1. The van der Waals surface area contributed by atoms with E-state index in [0.29, 0.717) is 24.0 Å². The standard InChI is InChI=1S/C30H26N6O2/c1-4-25(37)36-15-14-20-16-21(10-13-23(20)36)28-26(27-29(31)32-17-33-30(27)35(28)3)19-8-11-22(12-9-19)38-24-7-5-6-18(2)34-24/h4-13,16-17H,1,14-15H2,2-3H3,(H2,31,32,33). The normalized spacial score (nSPS) is 12.5. The van der Waals surface area contributed by atoms with Crippen LogP contribution < -0.4 is 15.4 Å². The summed E-state index contributed by atoms with van der Waals surface area (Å²) in [5.74, 6) is 1.55. The lowest BCUT2D eigenvalue weighted by Crippen LogP contribution is -2.26. The minimum Gasteiger partial charge on any atom is -0.439 e. The molecule has 8 nitrogen and oxygen atoms in total. The number of nitrogen functional groups attached to an aromatic ring is 1. The molecule has 8 heteroatoms. The van der Waals surface area contributed by atoms with E-state index in [1.807, 2.05) is 73.1 Å². The maximum atomic E-state index is 12.3. The van der Waals surface area contributed by atoms with Gasteiger partial charge in [-0.05, 0) is 66.4 Å². The first-order valence-electron chi connectivity index (χ1n) is 12.3. The molecular formula is C30H26N6O2. The minimum absolute atomic E-state index is 0.0898. The zero-order chi connectivity index (χ0) is 26.4. The lowest BCUT2D eigenvalue weighted by molar-refractivity contribution is -0.114. The van der Waals surface area contributed by atoms with E-state index in [1.165, 1.54) is 12.4 Å². The molecule has 0 radical (unpaired) electrons. The topological polar surface area (TPSA) is 99.2 Å². The van der Waals surface area contributed by atoms with E-state index in [1.54, 1.807) is 4.90 Å². The molecule has 0 bridgehead atoms. The summed E-state index contributed by atoms with van der Waals surface area (Å²) in [5.41, 5.74) is 14.0. The maximum Gasteiger partial charge on any atom is 0.250 e. The van der Waals surface area contributed by atoms with Crippen LogP contribution in [0.2, 0.25) is 0 Å². The van der Waals surface area contributed by atoms with Crippen molar-refractivity contribution in [2.24, 2.45) is 7.05 Å². The van der Waals surface area contributed by atoms with Gasteiger partial charge in [0.05, 0.1) is 11.1 Å². The average molecular weight is 503 g/mol. The second kappa shape index (κ2) is 9.15. The smallest absolute Gasteiger partial charge is 0.250 e. The number of nitrogens with zero attached hydrogens (tertiary/aromatic N) is 5. The van der Waals surface area contributed by atoms with Crippen LogP contribution in [0.15, 0.2) is 79.6 Å². The fraction of sp³-hybridized carbons (Fsp3) is 0.133. The van der Waals surface area contributed by atoms with Crippen molar-refractivity contribution in [3.8, 4) is 34.0 Å². The van der Waals surface area contributed by atoms with Gasteiger partial charge in [0.15, 0.2) is 0 Å². The van der Waals surface area contributed by atoms with Crippen LogP contribution in [0.3, 0.4) is 0 Å². The number of nitrogens with two attached hydrogens (primary N) is 1. The number of hydrogen-bond acceptors (Lipinski definition) is 6. The van der Waals surface area contributed by atoms with Crippen LogP contribution in [-0.2, 0) is 18.3 Å². The van der Waals surface area contributed by atoms with Crippen molar-refractivity contribution in [2.75, 3.05) is 17.2 Å². The number of benzene rings is 2. The molecule has 0 fully saturated rings. The number of ether oxygens (including phenoxy) is 1. The van der Waals surface area contributed by atoms with Crippen LogP contribution >= 0.6 is 0 Å². The Morgan fingerprint density at radius 2 is 1.87 bits per heavy atom. The maximum absolute atomic E-state index is 12.3. The lowest BCUT2D eigenvalue weighted by atomic mass is 9.97. The quantitative estimate of drug-likeness (QED) is 0.321. The summed E-state index contributed by atoms with van der Waals surface area (Å²) in [6.45, 7) is 6.20. The molecule has 1 amide bonds. The van der Waals surface area contributed by atoms with Crippen molar-refractivity contribution in [2.45, 2.75) is 13.3 Å². The highest BCUT2D eigenvalue weighted by Gasteiger charge is 2.26. The Balaban J connectivity index is 1.47. The van der Waals surface area contributed by atoms with Crippen LogP contribution in [0, 0.1) is 6.92 Å². The van der Waals surface area contributed by atoms with E-state index in [2.05, 4.69) is 27.6 Å². The van der Waals surface area contributed by atoms with E-state index in [4.69, 9.17) is 10.5 Å². The molecule has 0 saturated heterocycles. The number of aromatic nitrogens is 4. The second-order valence-corrected chi connectivity index (χ2v) is 9.27. The van der Waals surface area contributed by atoms with Gasteiger partial charge in [0.2, 0.25) is 11.8 Å². The molecular weight excluding hydrogens is 476 g/mol. The first-order chi connectivity index (χ1) is 18.4. The molecule has 2 aromatic carbocycles. The fourth-order valence-electron chi connectivity index (χ4n) is 5.17. The highest BCUT2D eigenvalue weighted by atomic mass is 16.5. The summed E-state index contributed by atoms with van der Waals surface area (Å²) < 4.78 is 8.01. The van der Waals surface area contributed by atoms with Crippen molar-refractivity contribution in [1.29, 1.82) is 0 Å². The minimum atomic E-state index is -0.0898. The number of anilines is 2. The number of pyridine rings is 1. The van der Waals surface area contributed by atoms with Crippen LogP contribution in [-0.4, -0.2) is 32.0 Å². The Hall–Kier alpha value is -4.98. The Labute approximate surface area is 220 Å². The molecule has 6 rings (SSSR count). The first kappa shape index (κ1) is 23.4. The highest BCUT2D eigenvalue weighted by molar-refractivity contribution is 6.08. The number of fused-ring (bicyclic) bond motifs is 2. The van der Waals surface area contributed by atoms with E-state index in [-0.39, 0.29) is 5.91 Å². The van der Waals surface area contributed by atoms with Crippen molar-refractivity contribution in [1.82, 2.24) is 19.5 Å². The summed E-state index contributed by atoms with van der Waals surface area (Å²) in [4.78, 5) is 27.3. The molecule has 0 atom stereocenters. The predicted octanol–water partition coefficient (Wildman–Crippen LogP) is 5.46. The van der Waals surface area contributed by atoms with Gasteiger partial charge in [-0.2, -0.15) is 0 Å². The highest BCUT2D eigenvalue weighted by Crippen LogP contribution is 2.43. The molecule has 0 aliphatic carbocycles. The summed E-state index contributed by atoms with van der Waals surface area (Å²) in [6, 6.07) is 19.7. The zero-order valence-corrected chi connectivity index (χ0v) is 21.2. The number of carbonyl (C=O) groups is 1. The first-order valence-corrected chi connectivity index (χ1v) is 12.3. The molecule has 5 aromatic rings. The molecule has 188 valence electrons. The van der Waals surface area contributed by atoms with Crippen LogP contribution in [0.25, 0.3) is 33.4 Å². The average Bonchev–Trinajstić information content (AvgIpc) is 3.48. The molecule has 0 spiro atoms. The Kier molecular flexibility index (Phi) is 5.64. The van der Waals surface area contributed by atoms with Crippen molar-refractivity contribution in [3.63, 3.8) is 0 Å². The number of carbonyl (C=O) groups excluding carboxylic acids is 1. The van der Waals surface area contributed by atoms with Gasteiger partial charge in [0, 0.05) is 36.6 Å². The monoisotopic (exact) mass is 502 g/mol. The van der Waals surface area contributed by atoms with E-state index in [0.717, 1.165) is 56.8 Å². The van der Waals surface area contributed by atoms with Crippen LogP contribution in [0.4, 0.5) is 11.5 Å². The molecule has 0 saturated carbocycles. The second-order valence-electron chi connectivity index (χ2n) is 9.27. The van der Waals surface area contributed by atoms with E-state index >= 15 is 0 Å². The zero-order valence-electron chi connectivity index (χ0n) is 21.2. The van der Waals surface area contributed by atoms with Gasteiger partial charge < -0.3 is 19.9 Å². The molecule has 3 aromatic heterocycles. The molecule has 38 heavy (non-hydrogen) atoms. The lowest BCUT2D eigenvalue weighted by Gasteiger charge is -2.16. The van der Waals surface area contributed by atoms with Gasteiger partial charge in [-0.15, -0.1) is 0 Å². The van der Waals surface area contributed by atoms with Crippen molar-refractivity contribution in [3.05, 3.63) is 90.9 Å².